The Bertz CT molecular complexity index is 375. The summed E-state index contributed by atoms with van der Waals surface area (Å²) in [6.07, 6.45) is 2.72. The highest BCUT2D eigenvalue weighted by Gasteiger charge is 2.25. The molecule has 0 aliphatic carbocycles. The average Bonchev–Trinajstić information content (AvgIpc) is 2.40. The predicted octanol–water partition coefficient (Wildman–Crippen LogP) is 1.43. The standard InChI is InChI=1S/C13H20FN3O/c1-2-5-15-9-11-10-18-8-7-17(11)13-12(14)4-3-6-16-13/h3-4,6,11,15H,2,5,7-10H2,1H3. The maximum atomic E-state index is 13.8. The lowest BCUT2D eigenvalue weighted by atomic mass is 10.2. The Labute approximate surface area is 107 Å². The van der Waals surface area contributed by atoms with Crippen LogP contribution in [0.5, 0.6) is 0 Å². The monoisotopic (exact) mass is 253 g/mol. The van der Waals surface area contributed by atoms with Gasteiger partial charge in [-0.3, -0.25) is 0 Å². The molecule has 1 unspecified atom stereocenters. The maximum Gasteiger partial charge on any atom is 0.165 e. The van der Waals surface area contributed by atoms with Crippen molar-refractivity contribution in [2.45, 2.75) is 19.4 Å². The number of pyridine rings is 1. The zero-order valence-corrected chi connectivity index (χ0v) is 10.7. The van der Waals surface area contributed by atoms with Gasteiger partial charge in [0.25, 0.3) is 0 Å². The van der Waals surface area contributed by atoms with E-state index in [2.05, 4.69) is 17.2 Å². The molecule has 4 nitrogen and oxygen atoms in total. The second-order valence-corrected chi connectivity index (χ2v) is 4.44. The van der Waals surface area contributed by atoms with Gasteiger partial charge in [0.05, 0.1) is 19.3 Å². The first-order valence-electron chi connectivity index (χ1n) is 6.48. The van der Waals surface area contributed by atoms with Crippen molar-refractivity contribution in [3.05, 3.63) is 24.1 Å². The van der Waals surface area contributed by atoms with Crippen molar-refractivity contribution in [1.29, 1.82) is 0 Å². The molecule has 1 aromatic rings. The molecular weight excluding hydrogens is 233 g/mol. The maximum absolute atomic E-state index is 13.8. The van der Waals surface area contributed by atoms with Crippen molar-refractivity contribution in [2.24, 2.45) is 0 Å². The molecule has 0 amide bonds. The molecule has 1 saturated heterocycles. The molecule has 0 spiro atoms. The predicted molar refractivity (Wildman–Crippen MR) is 69.3 cm³/mol. The van der Waals surface area contributed by atoms with Crippen LogP contribution >= 0.6 is 0 Å². The summed E-state index contributed by atoms with van der Waals surface area (Å²) in [6.45, 7) is 5.82. The Hall–Kier alpha value is -1.20. The van der Waals surface area contributed by atoms with Crippen LogP contribution in [0.2, 0.25) is 0 Å². The number of rotatable bonds is 5. The third-order valence-corrected chi connectivity index (χ3v) is 3.05. The molecule has 1 aromatic heterocycles. The molecule has 1 fully saturated rings. The van der Waals surface area contributed by atoms with Gasteiger partial charge in [-0.15, -0.1) is 0 Å². The van der Waals surface area contributed by atoms with Crippen molar-refractivity contribution in [1.82, 2.24) is 10.3 Å². The highest BCUT2D eigenvalue weighted by atomic mass is 19.1. The van der Waals surface area contributed by atoms with Gasteiger partial charge in [-0.05, 0) is 25.1 Å². The van der Waals surface area contributed by atoms with E-state index in [1.165, 1.54) is 6.07 Å². The molecule has 0 saturated carbocycles. The third-order valence-electron chi connectivity index (χ3n) is 3.05. The summed E-state index contributed by atoms with van der Waals surface area (Å²) in [5, 5.41) is 3.35. The minimum absolute atomic E-state index is 0.148. The second-order valence-electron chi connectivity index (χ2n) is 4.44. The topological polar surface area (TPSA) is 37.4 Å². The molecule has 18 heavy (non-hydrogen) atoms. The molecule has 100 valence electrons. The number of hydrogen-bond donors (Lipinski definition) is 1. The summed E-state index contributed by atoms with van der Waals surface area (Å²) in [5.41, 5.74) is 0. The van der Waals surface area contributed by atoms with E-state index in [0.717, 1.165) is 19.5 Å². The van der Waals surface area contributed by atoms with Gasteiger partial charge < -0.3 is 15.0 Å². The summed E-state index contributed by atoms with van der Waals surface area (Å²) in [4.78, 5) is 6.15. The Morgan fingerprint density at radius 3 is 3.28 bits per heavy atom. The molecule has 2 heterocycles. The molecule has 1 atom stereocenters. The fourth-order valence-corrected chi connectivity index (χ4v) is 2.14. The lowest BCUT2D eigenvalue weighted by Gasteiger charge is -2.36. The van der Waals surface area contributed by atoms with E-state index in [-0.39, 0.29) is 11.9 Å². The van der Waals surface area contributed by atoms with Gasteiger partial charge in [0.15, 0.2) is 11.6 Å². The highest BCUT2D eigenvalue weighted by Crippen LogP contribution is 2.19. The number of ether oxygens (including phenoxy) is 1. The molecule has 0 aromatic carbocycles. The van der Waals surface area contributed by atoms with Crippen LogP contribution < -0.4 is 10.2 Å². The fourth-order valence-electron chi connectivity index (χ4n) is 2.14. The number of nitrogens with one attached hydrogen (secondary N) is 1. The molecule has 1 aliphatic rings. The van der Waals surface area contributed by atoms with Gasteiger partial charge in [-0.25, -0.2) is 9.37 Å². The Balaban J connectivity index is 2.05. The largest absolute Gasteiger partial charge is 0.377 e. The van der Waals surface area contributed by atoms with E-state index in [1.807, 2.05) is 4.90 Å². The van der Waals surface area contributed by atoms with Crippen LogP contribution in [0.4, 0.5) is 10.2 Å². The second kappa shape index (κ2) is 6.66. The molecule has 1 aliphatic heterocycles. The van der Waals surface area contributed by atoms with Crippen LogP contribution in [0.25, 0.3) is 0 Å². The lowest BCUT2D eigenvalue weighted by molar-refractivity contribution is 0.0930. The SMILES string of the molecule is CCCNCC1COCCN1c1ncccc1F. The summed E-state index contributed by atoms with van der Waals surface area (Å²) in [5.74, 6) is 0.170. The first-order valence-corrected chi connectivity index (χ1v) is 6.48. The van der Waals surface area contributed by atoms with E-state index < -0.39 is 0 Å². The van der Waals surface area contributed by atoms with E-state index in [0.29, 0.717) is 25.6 Å². The third kappa shape index (κ3) is 3.17. The van der Waals surface area contributed by atoms with Gasteiger partial charge >= 0.3 is 0 Å². The van der Waals surface area contributed by atoms with Crippen molar-refractivity contribution < 1.29 is 9.13 Å². The van der Waals surface area contributed by atoms with E-state index in [4.69, 9.17) is 4.74 Å². The molecule has 1 N–H and O–H groups in total. The van der Waals surface area contributed by atoms with Crippen molar-refractivity contribution >= 4 is 5.82 Å². The van der Waals surface area contributed by atoms with Gasteiger partial charge in [-0.1, -0.05) is 6.92 Å². The van der Waals surface area contributed by atoms with Gasteiger partial charge in [-0.2, -0.15) is 0 Å². The Kier molecular flexibility index (Phi) is 4.90. The molecule has 5 heteroatoms. The van der Waals surface area contributed by atoms with Crippen LogP contribution in [-0.4, -0.2) is 43.9 Å². The van der Waals surface area contributed by atoms with Crippen molar-refractivity contribution in [2.75, 3.05) is 37.7 Å². The number of halogens is 1. The summed E-state index contributed by atoms with van der Waals surface area (Å²) >= 11 is 0. The van der Waals surface area contributed by atoms with Gasteiger partial charge in [0.1, 0.15) is 0 Å². The molecule has 2 rings (SSSR count). The molecular formula is C13H20FN3O. The Morgan fingerprint density at radius 2 is 2.50 bits per heavy atom. The first kappa shape index (κ1) is 13.2. The number of hydrogen-bond acceptors (Lipinski definition) is 4. The molecule has 0 radical (unpaired) electrons. The van der Waals surface area contributed by atoms with E-state index >= 15 is 0 Å². The number of nitrogens with zero attached hydrogens (tertiary/aromatic N) is 2. The van der Waals surface area contributed by atoms with Gasteiger partial charge in [0, 0.05) is 19.3 Å². The van der Waals surface area contributed by atoms with Gasteiger partial charge in [0.2, 0.25) is 0 Å². The lowest BCUT2D eigenvalue weighted by Crippen LogP contribution is -2.51. The van der Waals surface area contributed by atoms with Crippen LogP contribution in [-0.2, 0) is 4.74 Å². The minimum Gasteiger partial charge on any atom is -0.377 e. The number of morpholine rings is 1. The van der Waals surface area contributed by atoms with E-state index in [9.17, 15) is 4.39 Å². The van der Waals surface area contributed by atoms with Crippen molar-refractivity contribution in [3.8, 4) is 0 Å². The van der Waals surface area contributed by atoms with Crippen LogP contribution in [0.3, 0.4) is 0 Å². The van der Waals surface area contributed by atoms with Crippen LogP contribution in [0, 0.1) is 5.82 Å². The van der Waals surface area contributed by atoms with Crippen molar-refractivity contribution in [3.63, 3.8) is 0 Å². The quantitative estimate of drug-likeness (QED) is 0.805. The minimum atomic E-state index is -0.264. The summed E-state index contributed by atoms with van der Waals surface area (Å²) in [7, 11) is 0. The first-order chi connectivity index (χ1) is 8.83. The number of aromatic nitrogens is 1. The van der Waals surface area contributed by atoms with Crippen LogP contribution in [0.1, 0.15) is 13.3 Å². The normalized spacial score (nSPS) is 20.1. The zero-order valence-electron chi connectivity index (χ0n) is 10.7. The molecule has 0 bridgehead atoms. The smallest absolute Gasteiger partial charge is 0.165 e. The zero-order chi connectivity index (χ0) is 12.8. The summed E-state index contributed by atoms with van der Waals surface area (Å²) < 4.78 is 19.2. The summed E-state index contributed by atoms with van der Waals surface area (Å²) in [6, 6.07) is 3.22. The van der Waals surface area contributed by atoms with E-state index in [1.54, 1.807) is 12.3 Å². The fraction of sp³-hybridized carbons (Fsp3) is 0.615. The highest BCUT2D eigenvalue weighted by molar-refractivity contribution is 5.41. The van der Waals surface area contributed by atoms with Crippen LogP contribution in [0.15, 0.2) is 18.3 Å². The average molecular weight is 253 g/mol. The number of anilines is 1. The Morgan fingerprint density at radius 1 is 1.61 bits per heavy atom.